The van der Waals surface area contributed by atoms with Gasteiger partial charge in [0.2, 0.25) is 5.89 Å². The number of benzene rings is 2. The lowest BCUT2D eigenvalue weighted by atomic mass is 10.2. The summed E-state index contributed by atoms with van der Waals surface area (Å²) in [6.07, 6.45) is 0. The molecule has 3 aromatic rings. The summed E-state index contributed by atoms with van der Waals surface area (Å²) in [5.74, 6) is 0.541. The van der Waals surface area contributed by atoms with Crippen LogP contribution in [0.15, 0.2) is 46.9 Å². The van der Waals surface area contributed by atoms with Gasteiger partial charge in [0.05, 0.1) is 6.61 Å². The highest BCUT2D eigenvalue weighted by Crippen LogP contribution is 2.19. The smallest absolute Gasteiger partial charge is 0.221 e. The van der Waals surface area contributed by atoms with Crippen molar-refractivity contribution < 1.29 is 9.15 Å². The Morgan fingerprint density at radius 1 is 1.10 bits per heavy atom. The third kappa shape index (κ3) is 2.92. The minimum atomic E-state index is 0.317. The molecule has 1 heterocycles. The standard InChI is InChI=1S/C15H13ClN2O2/c16-11-3-1-10(2-4-11)8-19-9-15-18-13-7-12(17)5-6-14(13)20-15/h1-7H,8-9,17H2. The number of hydrogen-bond acceptors (Lipinski definition) is 4. The summed E-state index contributed by atoms with van der Waals surface area (Å²) in [6.45, 7) is 0.801. The van der Waals surface area contributed by atoms with E-state index in [0.29, 0.717) is 35.4 Å². The second-order valence-electron chi connectivity index (χ2n) is 4.45. The van der Waals surface area contributed by atoms with Gasteiger partial charge in [0.25, 0.3) is 0 Å². The molecule has 0 aliphatic heterocycles. The minimum absolute atomic E-state index is 0.317. The third-order valence-electron chi connectivity index (χ3n) is 2.86. The average molecular weight is 289 g/mol. The monoisotopic (exact) mass is 288 g/mol. The van der Waals surface area contributed by atoms with Crippen molar-refractivity contribution in [1.82, 2.24) is 4.98 Å². The quantitative estimate of drug-likeness (QED) is 0.742. The maximum absolute atomic E-state index is 5.82. The second kappa shape index (κ2) is 5.53. The molecule has 2 N–H and O–H groups in total. The number of oxazole rings is 1. The van der Waals surface area contributed by atoms with Crippen molar-refractivity contribution >= 4 is 28.4 Å². The first-order chi connectivity index (χ1) is 9.70. The third-order valence-corrected chi connectivity index (χ3v) is 3.12. The van der Waals surface area contributed by atoms with Gasteiger partial charge in [0, 0.05) is 10.7 Å². The number of nitrogens with zero attached hydrogens (tertiary/aromatic N) is 1. The molecule has 0 radical (unpaired) electrons. The Morgan fingerprint density at radius 3 is 2.70 bits per heavy atom. The Hall–Kier alpha value is -2.04. The van der Waals surface area contributed by atoms with E-state index >= 15 is 0 Å². The van der Waals surface area contributed by atoms with Gasteiger partial charge in [0.1, 0.15) is 12.1 Å². The Balaban J connectivity index is 1.63. The largest absolute Gasteiger partial charge is 0.438 e. The fourth-order valence-electron chi connectivity index (χ4n) is 1.89. The summed E-state index contributed by atoms with van der Waals surface area (Å²) >= 11 is 5.82. The van der Waals surface area contributed by atoms with Crippen LogP contribution in [0, 0.1) is 0 Å². The van der Waals surface area contributed by atoms with Crippen molar-refractivity contribution in [3.8, 4) is 0 Å². The number of aromatic nitrogens is 1. The number of rotatable bonds is 4. The number of ether oxygens (including phenoxy) is 1. The van der Waals surface area contributed by atoms with Crippen molar-refractivity contribution in [1.29, 1.82) is 0 Å². The van der Waals surface area contributed by atoms with Crippen LogP contribution in [0.2, 0.25) is 5.02 Å². The molecule has 0 saturated carbocycles. The van der Waals surface area contributed by atoms with E-state index in [1.807, 2.05) is 24.3 Å². The van der Waals surface area contributed by atoms with Gasteiger partial charge in [-0.1, -0.05) is 23.7 Å². The molecule has 0 atom stereocenters. The van der Waals surface area contributed by atoms with Crippen LogP contribution in [-0.2, 0) is 18.0 Å². The van der Waals surface area contributed by atoms with Gasteiger partial charge < -0.3 is 14.9 Å². The van der Waals surface area contributed by atoms with E-state index in [1.54, 1.807) is 18.2 Å². The van der Waals surface area contributed by atoms with Crippen molar-refractivity contribution in [2.24, 2.45) is 0 Å². The lowest BCUT2D eigenvalue weighted by Crippen LogP contribution is -1.94. The summed E-state index contributed by atoms with van der Waals surface area (Å²) in [5.41, 5.74) is 8.87. The molecule has 0 unspecified atom stereocenters. The summed E-state index contributed by atoms with van der Waals surface area (Å²) in [7, 11) is 0. The summed E-state index contributed by atoms with van der Waals surface area (Å²) < 4.78 is 11.1. The average Bonchev–Trinajstić information content (AvgIpc) is 2.83. The zero-order valence-electron chi connectivity index (χ0n) is 10.7. The Bertz CT molecular complexity index is 722. The molecule has 1 aromatic heterocycles. The molecule has 5 heteroatoms. The van der Waals surface area contributed by atoms with Crippen molar-refractivity contribution in [3.05, 3.63) is 58.9 Å². The van der Waals surface area contributed by atoms with E-state index in [1.165, 1.54) is 0 Å². The first-order valence-corrected chi connectivity index (χ1v) is 6.55. The second-order valence-corrected chi connectivity index (χ2v) is 4.89. The molecule has 20 heavy (non-hydrogen) atoms. The van der Waals surface area contributed by atoms with Crippen LogP contribution in [0.3, 0.4) is 0 Å². The first-order valence-electron chi connectivity index (χ1n) is 6.18. The van der Waals surface area contributed by atoms with Crippen molar-refractivity contribution in [2.45, 2.75) is 13.2 Å². The number of halogens is 1. The van der Waals surface area contributed by atoms with Gasteiger partial charge >= 0.3 is 0 Å². The predicted octanol–water partition coefficient (Wildman–Crippen LogP) is 3.78. The molecule has 4 nitrogen and oxygen atoms in total. The van der Waals surface area contributed by atoms with Crippen molar-refractivity contribution in [3.63, 3.8) is 0 Å². The molecule has 2 aromatic carbocycles. The van der Waals surface area contributed by atoms with Gasteiger partial charge in [0.15, 0.2) is 5.58 Å². The van der Waals surface area contributed by atoms with E-state index in [-0.39, 0.29) is 0 Å². The molecule has 0 bridgehead atoms. The van der Waals surface area contributed by atoms with Crippen LogP contribution in [0.25, 0.3) is 11.1 Å². The molecule has 3 rings (SSSR count). The number of nitrogens with two attached hydrogens (primary N) is 1. The zero-order valence-corrected chi connectivity index (χ0v) is 11.4. The lowest BCUT2D eigenvalue weighted by molar-refractivity contribution is 0.0907. The Kier molecular flexibility index (Phi) is 3.58. The van der Waals surface area contributed by atoms with Gasteiger partial charge in [-0.05, 0) is 35.9 Å². The SMILES string of the molecule is Nc1ccc2oc(COCc3ccc(Cl)cc3)nc2c1. The maximum Gasteiger partial charge on any atom is 0.221 e. The van der Waals surface area contributed by atoms with Gasteiger partial charge in [-0.3, -0.25) is 0 Å². The van der Waals surface area contributed by atoms with Gasteiger partial charge in [-0.15, -0.1) is 0 Å². The highest BCUT2D eigenvalue weighted by atomic mass is 35.5. The molecule has 0 aliphatic rings. The molecule has 0 aliphatic carbocycles. The lowest BCUT2D eigenvalue weighted by Gasteiger charge is -2.01. The van der Waals surface area contributed by atoms with Crippen molar-refractivity contribution in [2.75, 3.05) is 5.73 Å². The van der Waals surface area contributed by atoms with Gasteiger partial charge in [-0.25, -0.2) is 4.98 Å². The topological polar surface area (TPSA) is 61.3 Å². The highest BCUT2D eigenvalue weighted by Gasteiger charge is 2.06. The first kappa shape index (κ1) is 13.0. The summed E-state index contributed by atoms with van der Waals surface area (Å²) in [4.78, 5) is 4.33. The summed E-state index contributed by atoms with van der Waals surface area (Å²) in [6, 6.07) is 12.9. The van der Waals surface area contributed by atoms with Crippen LogP contribution in [0.4, 0.5) is 5.69 Å². The van der Waals surface area contributed by atoms with E-state index in [4.69, 9.17) is 26.5 Å². The van der Waals surface area contributed by atoms with E-state index < -0.39 is 0 Å². The van der Waals surface area contributed by atoms with Crippen LogP contribution in [0.1, 0.15) is 11.5 Å². The van der Waals surface area contributed by atoms with E-state index in [9.17, 15) is 0 Å². The van der Waals surface area contributed by atoms with Crippen LogP contribution >= 0.6 is 11.6 Å². The molecular formula is C15H13ClN2O2. The molecule has 0 fully saturated rings. The van der Waals surface area contributed by atoms with E-state index in [2.05, 4.69) is 4.98 Å². The maximum atomic E-state index is 5.82. The number of anilines is 1. The minimum Gasteiger partial charge on any atom is -0.438 e. The fraction of sp³-hybridized carbons (Fsp3) is 0.133. The number of fused-ring (bicyclic) bond motifs is 1. The van der Waals surface area contributed by atoms with Crippen LogP contribution in [0.5, 0.6) is 0 Å². The summed E-state index contributed by atoms with van der Waals surface area (Å²) in [5, 5.41) is 0.713. The van der Waals surface area contributed by atoms with Crippen LogP contribution < -0.4 is 5.73 Å². The molecule has 0 spiro atoms. The highest BCUT2D eigenvalue weighted by molar-refractivity contribution is 6.30. The zero-order chi connectivity index (χ0) is 13.9. The van der Waals surface area contributed by atoms with E-state index in [0.717, 1.165) is 11.1 Å². The van der Waals surface area contributed by atoms with Gasteiger partial charge in [-0.2, -0.15) is 0 Å². The molecule has 0 saturated heterocycles. The number of hydrogen-bond donors (Lipinski definition) is 1. The number of nitrogen functional groups attached to an aromatic ring is 1. The molecular weight excluding hydrogens is 276 g/mol. The van der Waals surface area contributed by atoms with Crippen LogP contribution in [-0.4, -0.2) is 4.98 Å². The fourth-order valence-corrected chi connectivity index (χ4v) is 2.02. The molecule has 0 amide bonds. The Morgan fingerprint density at radius 2 is 1.90 bits per heavy atom. The molecule has 102 valence electrons. The Labute approximate surface area is 121 Å². The predicted molar refractivity (Wildman–Crippen MR) is 78.4 cm³/mol. The normalized spacial score (nSPS) is 11.1.